The smallest absolute Gasteiger partial charge is 0.204 e. The maximum absolute atomic E-state index is 12.8. The summed E-state index contributed by atoms with van der Waals surface area (Å²) in [5, 5.41) is 44.2. The Morgan fingerprint density at radius 2 is 1.83 bits per heavy atom. The molecule has 29 heavy (non-hydrogen) atoms. The van der Waals surface area contributed by atoms with Crippen molar-refractivity contribution in [1.82, 2.24) is 4.98 Å². The van der Waals surface area contributed by atoms with Crippen molar-refractivity contribution in [2.24, 2.45) is 0 Å². The molecule has 5 atom stereocenters. The van der Waals surface area contributed by atoms with Gasteiger partial charge in [0.25, 0.3) is 0 Å². The fourth-order valence-electron chi connectivity index (χ4n) is 3.26. The Bertz CT molecular complexity index is 1020. The number of fused-ring (bicyclic) bond motifs is 1. The van der Waals surface area contributed by atoms with Crippen molar-refractivity contribution in [3.8, 4) is 0 Å². The molecule has 1 saturated heterocycles. The Kier molecular flexibility index (Phi) is 5.59. The first kappa shape index (κ1) is 19.9. The zero-order valence-electron chi connectivity index (χ0n) is 15.2. The molecule has 5 N–H and O–H groups in total. The lowest BCUT2D eigenvalue weighted by atomic mass is 9.98. The van der Waals surface area contributed by atoms with Gasteiger partial charge in [-0.15, -0.1) is 0 Å². The first-order valence-electron chi connectivity index (χ1n) is 9.04. The average molecular weight is 416 g/mol. The maximum Gasteiger partial charge on any atom is 0.204 e. The van der Waals surface area contributed by atoms with Crippen LogP contribution in [0.3, 0.4) is 0 Å². The largest absolute Gasteiger partial charge is 0.394 e. The summed E-state index contributed by atoms with van der Waals surface area (Å²) in [7, 11) is 0. The zero-order chi connectivity index (χ0) is 20.5. The molecule has 0 bridgehead atoms. The van der Waals surface area contributed by atoms with Gasteiger partial charge in [0.05, 0.1) is 17.7 Å². The molecular weight excluding hydrogens is 396 g/mol. The highest BCUT2D eigenvalue weighted by Crippen LogP contribution is 2.27. The number of ether oxygens (including phenoxy) is 1. The molecule has 1 fully saturated rings. The van der Waals surface area contributed by atoms with Gasteiger partial charge in [0.1, 0.15) is 24.4 Å². The number of aliphatic hydroxyl groups excluding tert-OH is 4. The van der Waals surface area contributed by atoms with Gasteiger partial charge >= 0.3 is 0 Å². The summed E-state index contributed by atoms with van der Waals surface area (Å²) in [5.41, 5.74) is 0.534. The normalized spacial score (nSPS) is 27.1. The molecule has 0 unspecified atom stereocenters. The fraction of sp³-hybridized carbons (Fsp3) is 0.300. The Hall–Kier alpha value is -2.40. The third-order valence-electron chi connectivity index (χ3n) is 4.90. The second-order valence-electron chi connectivity index (χ2n) is 6.81. The van der Waals surface area contributed by atoms with Crippen molar-refractivity contribution in [3.63, 3.8) is 0 Å². The summed E-state index contributed by atoms with van der Waals surface area (Å²) in [6.45, 7) is -0.521. The van der Waals surface area contributed by atoms with E-state index in [-0.39, 0.29) is 5.78 Å². The molecule has 0 saturated carbocycles. The van der Waals surface area contributed by atoms with Crippen LogP contribution in [0.4, 0.5) is 5.13 Å². The van der Waals surface area contributed by atoms with E-state index >= 15 is 0 Å². The lowest BCUT2D eigenvalue weighted by Crippen LogP contribution is -2.60. The minimum absolute atomic E-state index is 0.185. The van der Waals surface area contributed by atoms with Crippen LogP contribution >= 0.6 is 11.3 Å². The molecule has 9 heteroatoms. The number of thiazole rings is 1. The quantitative estimate of drug-likeness (QED) is 0.385. The molecule has 152 valence electrons. The number of carbonyl (C=O) groups excluding carboxylic acids is 1. The standard InChI is InChI=1S/C20H20N2O6S/c23-9-13-16(25)17(26)18(27)19(28-13)22-20-21-8-14(29-20)15(24)12-6-5-10-3-1-2-4-11(10)7-12/h1-8,13,16-19,23,25-27H,9H2,(H,21,22)/t13-,16-,17+,18+,19+/m1/s1. The fourth-order valence-corrected chi connectivity index (χ4v) is 4.07. The molecule has 0 spiro atoms. The summed E-state index contributed by atoms with van der Waals surface area (Å²) < 4.78 is 5.40. The number of hydrogen-bond acceptors (Lipinski definition) is 9. The van der Waals surface area contributed by atoms with Crippen molar-refractivity contribution >= 4 is 33.0 Å². The van der Waals surface area contributed by atoms with E-state index in [1.54, 1.807) is 6.07 Å². The number of benzene rings is 2. The summed E-state index contributed by atoms with van der Waals surface area (Å²) in [6.07, 6.45) is -5.05. The summed E-state index contributed by atoms with van der Waals surface area (Å²) in [4.78, 5) is 17.3. The molecule has 3 aromatic rings. The molecule has 2 heterocycles. The highest BCUT2D eigenvalue weighted by atomic mass is 32.1. The van der Waals surface area contributed by atoms with E-state index in [9.17, 15) is 25.2 Å². The van der Waals surface area contributed by atoms with Crippen LogP contribution in [-0.4, -0.2) is 68.4 Å². The van der Waals surface area contributed by atoms with E-state index in [2.05, 4.69) is 10.3 Å². The van der Waals surface area contributed by atoms with Gasteiger partial charge in [-0.05, 0) is 16.8 Å². The average Bonchev–Trinajstić information content (AvgIpc) is 3.21. The molecular formula is C20H20N2O6S. The highest BCUT2D eigenvalue weighted by molar-refractivity contribution is 7.17. The molecule has 0 amide bonds. The molecule has 1 aliphatic rings. The van der Waals surface area contributed by atoms with Crippen LogP contribution < -0.4 is 5.32 Å². The molecule has 4 rings (SSSR count). The van der Waals surface area contributed by atoms with Crippen molar-refractivity contribution in [2.75, 3.05) is 11.9 Å². The van der Waals surface area contributed by atoms with Crippen molar-refractivity contribution in [3.05, 3.63) is 59.1 Å². The minimum atomic E-state index is -1.49. The van der Waals surface area contributed by atoms with E-state index < -0.39 is 37.3 Å². The first-order chi connectivity index (χ1) is 14.0. The van der Waals surface area contributed by atoms with Crippen LogP contribution in [0.1, 0.15) is 15.2 Å². The molecule has 0 aliphatic carbocycles. The van der Waals surface area contributed by atoms with Gasteiger partial charge in [-0.25, -0.2) is 4.98 Å². The number of rotatable bonds is 5. The van der Waals surface area contributed by atoms with Crippen molar-refractivity contribution in [1.29, 1.82) is 0 Å². The predicted octanol–water partition coefficient (Wildman–Crippen LogP) is 0.739. The van der Waals surface area contributed by atoms with Crippen molar-refractivity contribution in [2.45, 2.75) is 30.6 Å². The van der Waals surface area contributed by atoms with E-state index in [0.29, 0.717) is 15.6 Å². The maximum atomic E-state index is 12.8. The second kappa shape index (κ2) is 8.15. The number of ketones is 1. The van der Waals surface area contributed by atoms with E-state index in [4.69, 9.17) is 4.74 Å². The Morgan fingerprint density at radius 1 is 1.07 bits per heavy atom. The van der Waals surface area contributed by atoms with Gasteiger partial charge in [-0.1, -0.05) is 47.7 Å². The van der Waals surface area contributed by atoms with E-state index in [1.807, 2.05) is 36.4 Å². The molecule has 8 nitrogen and oxygen atoms in total. The van der Waals surface area contributed by atoms with E-state index in [1.165, 1.54) is 6.20 Å². The molecule has 2 aromatic carbocycles. The number of aliphatic hydroxyl groups is 4. The third-order valence-corrected chi connectivity index (χ3v) is 5.83. The predicted molar refractivity (Wildman–Crippen MR) is 107 cm³/mol. The number of anilines is 1. The summed E-state index contributed by atoms with van der Waals surface area (Å²) in [6, 6.07) is 13.2. The minimum Gasteiger partial charge on any atom is -0.394 e. The zero-order valence-corrected chi connectivity index (χ0v) is 16.0. The van der Waals surface area contributed by atoms with Gasteiger partial charge in [-0.2, -0.15) is 0 Å². The molecule has 1 aromatic heterocycles. The topological polar surface area (TPSA) is 132 Å². The second-order valence-corrected chi connectivity index (χ2v) is 7.85. The van der Waals surface area contributed by atoms with Gasteiger partial charge in [0.15, 0.2) is 11.4 Å². The Balaban J connectivity index is 1.51. The van der Waals surface area contributed by atoms with Crippen LogP contribution in [0.2, 0.25) is 0 Å². The third kappa shape index (κ3) is 3.88. The van der Waals surface area contributed by atoms with Crippen molar-refractivity contribution < 1.29 is 30.0 Å². The van der Waals surface area contributed by atoms with Gasteiger partial charge in [0, 0.05) is 5.56 Å². The Morgan fingerprint density at radius 3 is 2.59 bits per heavy atom. The number of nitrogens with zero attached hydrogens (tertiary/aromatic N) is 1. The first-order valence-corrected chi connectivity index (χ1v) is 9.86. The van der Waals surface area contributed by atoms with Crippen LogP contribution in [-0.2, 0) is 4.74 Å². The molecule has 1 aliphatic heterocycles. The SMILES string of the molecule is O=C(c1ccc2ccccc2c1)c1cnc(N[C@H]2O[C@H](CO)[C@@H](O)[C@H](O)[C@@H]2O)s1. The van der Waals surface area contributed by atoms with Crippen LogP contribution in [0.25, 0.3) is 10.8 Å². The summed E-state index contributed by atoms with van der Waals surface area (Å²) in [5.74, 6) is -0.185. The molecule has 0 radical (unpaired) electrons. The van der Waals surface area contributed by atoms with Crippen LogP contribution in [0.15, 0.2) is 48.7 Å². The summed E-state index contributed by atoms with van der Waals surface area (Å²) >= 11 is 1.08. The van der Waals surface area contributed by atoms with Gasteiger partial charge < -0.3 is 30.5 Å². The number of carbonyl (C=O) groups is 1. The monoisotopic (exact) mass is 416 g/mol. The Labute approximate surface area is 170 Å². The van der Waals surface area contributed by atoms with Gasteiger partial charge in [0.2, 0.25) is 5.78 Å². The number of aromatic nitrogens is 1. The lowest BCUT2D eigenvalue weighted by molar-refractivity contribution is -0.221. The number of nitrogens with one attached hydrogen (secondary N) is 1. The highest BCUT2D eigenvalue weighted by Gasteiger charge is 2.43. The van der Waals surface area contributed by atoms with E-state index in [0.717, 1.165) is 22.1 Å². The number of hydrogen-bond donors (Lipinski definition) is 5. The lowest BCUT2D eigenvalue weighted by Gasteiger charge is -2.40. The van der Waals surface area contributed by atoms with Crippen LogP contribution in [0, 0.1) is 0 Å². The van der Waals surface area contributed by atoms with Crippen LogP contribution in [0.5, 0.6) is 0 Å². The van der Waals surface area contributed by atoms with Gasteiger partial charge in [-0.3, -0.25) is 4.79 Å².